The zero-order valence-corrected chi connectivity index (χ0v) is 11.9. The molecule has 3 N–H and O–H groups in total. The van der Waals surface area contributed by atoms with Crippen molar-refractivity contribution in [3.8, 4) is 0 Å². The summed E-state index contributed by atoms with van der Waals surface area (Å²) in [5.41, 5.74) is 1.90. The Labute approximate surface area is 125 Å². The normalized spacial score (nSPS) is 13.0. The number of aryl methyl sites for hydroxylation is 1. The summed E-state index contributed by atoms with van der Waals surface area (Å²) in [4.78, 5) is 27.4. The minimum absolute atomic E-state index is 0.0533. The van der Waals surface area contributed by atoms with E-state index in [1.165, 1.54) is 0 Å². The Balaban J connectivity index is 1.83. The van der Waals surface area contributed by atoms with Gasteiger partial charge in [0, 0.05) is 12.1 Å². The summed E-state index contributed by atoms with van der Waals surface area (Å²) >= 11 is 6.11. The lowest BCUT2D eigenvalue weighted by atomic mass is 10.1. The standard InChI is InChI=1S/C13H12ClN5O2/c1-2-10-17-12(19-18-10)13(21)16-9-3-6-4-11(20)15-8(6)5-7(9)14/h3,5H,2,4H2,1H3,(H,15,20)(H,16,21)(H,17,18,19). The van der Waals surface area contributed by atoms with Gasteiger partial charge in [-0.05, 0) is 17.7 Å². The third-order valence-electron chi connectivity index (χ3n) is 3.14. The summed E-state index contributed by atoms with van der Waals surface area (Å²) in [6, 6.07) is 3.30. The number of amides is 2. The van der Waals surface area contributed by atoms with E-state index in [1.54, 1.807) is 12.1 Å². The molecule has 0 aliphatic carbocycles. The molecule has 0 saturated heterocycles. The number of hydrogen-bond donors (Lipinski definition) is 3. The van der Waals surface area contributed by atoms with Crippen LogP contribution in [0.15, 0.2) is 12.1 Å². The van der Waals surface area contributed by atoms with E-state index in [-0.39, 0.29) is 18.2 Å². The first kappa shape index (κ1) is 13.6. The van der Waals surface area contributed by atoms with Crippen LogP contribution >= 0.6 is 11.6 Å². The highest BCUT2D eigenvalue weighted by molar-refractivity contribution is 6.34. The number of H-pyrrole nitrogens is 1. The molecule has 21 heavy (non-hydrogen) atoms. The molecule has 2 amide bonds. The van der Waals surface area contributed by atoms with Crippen LogP contribution in [0.3, 0.4) is 0 Å². The average Bonchev–Trinajstić information content (AvgIpc) is 3.04. The Kier molecular flexibility index (Phi) is 3.34. The molecule has 7 nitrogen and oxygen atoms in total. The molecule has 1 aromatic heterocycles. The first-order valence-corrected chi connectivity index (χ1v) is 6.79. The van der Waals surface area contributed by atoms with Crippen LogP contribution < -0.4 is 10.6 Å². The SMILES string of the molecule is CCc1nc(C(=O)Nc2cc3c(cc2Cl)NC(=O)C3)n[nH]1. The van der Waals surface area contributed by atoms with Crippen LogP contribution in [-0.2, 0) is 17.6 Å². The van der Waals surface area contributed by atoms with Crippen molar-refractivity contribution in [3.05, 3.63) is 34.4 Å². The molecule has 0 fully saturated rings. The lowest BCUT2D eigenvalue weighted by molar-refractivity contribution is -0.115. The Morgan fingerprint density at radius 2 is 2.29 bits per heavy atom. The van der Waals surface area contributed by atoms with Gasteiger partial charge in [0.15, 0.2) is 0 Å². The molecule has 2 heterocycles. The summed E-state index contributed by atoms with van der Waals surface area (Å²) < 4.78 is 0. The van der Waals surface area contributed by atoms with E-state index in [1.807, 2.05) is 6.92 Å². The lowest BCUT2D eigenvalue weighted by Crippen LogP contribution is -2.14. The van der Waals surface area contributed by atoms with Gasteiger partial charge < -0.3 is 10.6 Å². The van der Waals surface area contributed by atoms with Crippen LogP contribution in [0.4, 0.5) is 11.4 Å². The summed E-state index contributed by atoms with van der Waals surface area (Å²) in [6.07, 6.45) is 0.934. The van der Waals surface area contributed by atoms with Crippen LogP contribution in [0.5, 0.6) is 0 Å². The number of nitrogens with one attached hydrogen (secondary N) is 3. The number of nitrogens with zero attached hydrogens (tertiary/aromatic N) is 2. The molecule has 0 spiro atoms. The largest absolute Gasteiger partial charge is 0.325 e. The number of halogens is 1. The van der Waals surface area contributed by atoms with E-state index in [2.05, 4.69) is 25.8 Å². The molecule has 0 saturated carbocycles. The fraction of sp³-hybridized carbons (Fsp3) is 0.231. The van der Waals surface area contributed by atoms with Crippen molar-refractivity contribution < 1.29 is 9.59 Å². The molecule has 2 aromatic rings. The van der Waals surface area contributed by atoms with E-state index >= 15 is 0 Å². The Morgan fingerprint density at radius 3 is 3.00 bits per heavy atom. The summed E-state index contributed by atoms with van der Waals surface area (Å²) in [5, 5.41) is 12.2. The third-order valence-corrected chi connectivity index (χ3v) is 3.45. The fourth-order valence-electron chi connectivity index (χ4n) is 2.08. The van der Waals surface area contributed by atoms with Gasteiger partial charge in [0.2, 0.25) is 11.7 Å². The van der Waals surface area contributed by atoms with Gasteiger partial charge in [0.25, 0.3) is 5.91 Å². The minimum atomic E-state index is -0.454. The molecular formula is C13H12ClN5O2. The molecule has 1 aliphatic heterocycles. The summed E-state index contributed by atoms with van der Waals surface area (Å²) in [5.74, 6) is 0.142. The van der Waals surface area contributed by atoms with Crippen molar-refractivity contribution in [2.75, 3.05) is 10.6 Å². The molecule has 108 valence electrons. The topological polar surface area (TPSA) is 99.8 Å². The molecule has 1 aliphatic rings. The number of aromatic amines is 1. The van der Waals surface area contributed by atoms with E-state index in [0.29, 0.717) is 28.6 Å². The smallest absolute Gasteiger partial charge is 0.295 e. The van der Waals surface area contributed by atoms with Gasteiger partial charge in [0.05, 0.1) is 17.1 Å². The summed E-state index contributed by atoms with van der Waals surface area (Å²) in [6.45, 7) is 1.91. The number of carbonyl (C=O) groups is 2. The monoisotopic (exact) mass is 305 g/mol. The van der Waals surface area contributed by atoms with Gasteiger partial charge in [-0.1, -0.05) is 18.5 Å². The van der Waals surface area contributed by atoms with Gasteiger partial charge >= 0.3 is 0 Å². The summed E-state index contributed by atoms with van der Waals surface area (Å²) in [7, 11) is 0. The molecule has 0 bridgehead atoms. The molecule has 0 atom stereocenters. The Hall–Kier alpha value is -2.41. The van der Waals surface area contributed by atoms with Crippen LogP contribution in [0, 0.1) is 0 Å². The highest BCUT2D eigenvalue weighted by Gasteiger charge is 2.21. The van der Waals surface area contributed by atoms with Gasteiger partial charge in [-0.15, -0.1) is 5.10 Å². The maximum atomic E-state index is 12.1. The quantitative estimate of drug-likeness (QED) is 0.804. The fourth-order valence-corrected chi connectivity index (χ4v) is 2.29. The van der Waals surface area contributed by atoms with Crippen molar-refractivity contribution >= 4 is 34.8 Å². The van der Waals surface area contributed by atoms with Gasteiger partial charge in [-0.25, -0.2) is 4.98 Å². The minimum Gasteiger partial charge on any atom is -0.325 e. The first-order valence-electron chi connectivity index (χ1n) is 6.41. The number of rotatable bonds is 3. The van der Waals surface area contributed by atoms with Crippen LogP contribution in [-0.4, -0.2) is 27.0 Å². The molecular weight excluding hydrogens is 294 g/mol. The molecule has 1 aromatic carbocycles. The zero-order chi connectivity index (χ0) is 15.0. The van der Waals surface area contributed by atoms with E-state index in [0.717, 1.165) is 5.56 Å². The molecule has 0 unspecified atom stereocenters. The lowest BCUT2D eigenvalue weighted by Gasteiger charge is -2.08. The second-order valence-corrected chi connectivity index (χ2v) is 5.03. The Morgan fingerprint density at radius 1 is 1.48 bits per heavy atom. The van der Waals surface area contributed by atoms with E-state index in [4.69, 9.17) is 11.6 Å². The first-order chi connectivity index (χ1) is 10.1. The van der Waals surface area contributed by atoms with Crippen molar-refractivity contribution in [1.82, 2.24) is 15.2 Å². The van der Waals surface area contributed by atoms with Gasteiger partial charge in [0.1, 0.15) is 5.82 Å². The van der Waals surface area contributed by atoms with Crippen molar-refractivity contribution in [1.29, 1.82) is 0 Å². The van der Waals surface area contributed by atoms with Crippen molar-refractivity contribution in [3.63, 3.8) is 0 Å². The maximum Gasteiger partial charge on any atom is 0.295 e. The second kappa shape index (κ2) is 5.17. The van der Waals surface area contributed by atoms with Gasteiger partial charge in [-0.2, -0.15) is 0 Å². The number of carbonyl (C=O) groups excluding carboxylic acids is 2. The van der Waals surface area contributed by atoms with Crippen LogP contribution in [0.25, 0.3) is 0 Å². The van der Waals surface area contributed by atoms with E-state index < -0.39 is 5.91 Å². The number of benzene rings is 1. The van der Waals surface area contributed by atoms with Crippen molar-refractivity contribution in [2.24, 2.45) is 0 Å². The predicted molar refractivity (Wildman–Crippen MR) is 77.5 cm³/mol. The molecule has 0 radical (unpaired) electrons. The zero-order valence-electron chi connectivity index (χ0n) is 11.2. The highest BCUT2D eigenvalue weighted by atomic mass is 35.5. The molecule has 3 rings (SSSR count). The highest BCUT2D eigenvalue weighted by Crippen LogP contribution is 2.32. The van der Waals surface area contributed by atoms with Crippen LogP contribution in [0.1, 0.15) is 28.9 Å². The number of anilines is 2. The average molecular weight is 306 g/mol. The Bertz CT molecular complexity index is 740. The predicted octanol–water partition coefficient (Wildman–Crippen LogP) is 1.77. The third kappa shape index (κ3) is 2.59. The van der Waals surface area contributed by atoms with Crippen LogP contribution in [0.2, 0.25) is 5.02 Å². The molecule has 8 heteroatoms. The van der Waals surface area contributed by atoms with Crippen molar-refractivity contribution in [2.45, 2.75) is 19.8 Å². The second-order valence-electron chi connectivity index (χ2n) is 4.63. The maximum absolute atomic E-state index is 12.1. The number of aromatic nitrogens is 3. The number of fused-ring (bicyclic) bond motifs is 1. The van der Waals surface area contributed by atoms with E-state index in [9.17, 15) is 9.59 Å². The van der Waals surface area contributed by atoms with Gasteiger partial charge in [-0.3, -0.25) is 14.7 Å². The number of hydrogen-bond acceptors (Lipinski definition) is 4.